The van der Waals surface area contributed by atoms with Crippen LogP contribution in [0.4, 0.5) is 13.2 Å². The van der Waals surface area contributed by atoms with E-state index in [4.69, 9.17) is 11.6 Å². The van der Waals surface area contributed by atoms with Crippen molar-refractivity contribution in [1.82, 2.24) is 19.9 Å². The van der Waals surface area contributed by atoms with Crippen LogP contribution in [-0.2, 0) is 13.2 Å². The first-order valence-electron chi connectivity index (χ1n) is 6.21. The van der Waals surface area contributed by atoms with Crippen molar-refractivity contribution < 1.29 is 18.0 Å². The molecule has 0 aromatic carbocycles. The van der Waals surface area contributed by atoms with Gasteiger partial charge in [0, 0.05) is 13.2 Å². The van der Waals surface area contributed by atoms with E-state index >= 15 is 0 Å². The van der Waals surface area contributed by atoms with E-state index in [9.17, 15) is 18.0 Å². The highest BCUT2D eigenvalue weighted by Gasteiger charge is 2.32. The number of pyridine rings is 1. The Bertz CT molecular complexity index is 682. The summed E-state index contributed by atoms with van der Waals surface area (Å²) in [7, 11) is 1.58. The minimum absolute atomic E-state index is 0.108. The monoisotopic (exact) mass is 332 g/mol. The van der Waals surface area contributed by atoms with E-state index in [-0.39, 0.29) is 5.82 Å². The lowest BCUT2D eigenvalue weighted by Gasteiger charge is -2.14. The van der Waals surface area contributed by atoms with Crippen LogP contribution in [0.1, 0.15) is 34.8 Å². The number of alkyl halides is 3. The summed E-state index contributed by atoms with van der Waals surface area (Å²) in [6, 6.07) is 1.61. The van der Waals surface area contributed by atoms with Gasteiger partial charge in [-0.1, -0.05) is 17.7 Å². The summed E-state index contributed by atoms with van der Waals surface area (Å²) in [6.45, 7) is 1.63. The van der Waals surface area contributed by atoms with Gasteiger partial charge in [0.2, 0.25) is 0 Å². The van der Waals surface area contributed by atoms with E-state index in [0.29, 0.717) is 10.7 Å². The van der Waals surface area contributed by atoms with Crippen LogP contribution in [0.25, 0.3) is 0 Å². The standard InChI is InChI=1S/C13H12ClF3N4O/c1-7(8-3-4-9(18-5-8)13(15,16)17)20-12(22)11-19-6-10(14)21(11)2/h3-7H,1-2H3,(H,20,22)/t7-/m0/s1. The minimum atomic E-state index is -4.49. The molecule has 0 saturated heterocycles. The van der Waals surface area contributed by atoms with Crippen molar-refractivity contribution in [2.75, 3.05) is 0 Å². The molecule has 0 bridgehead atoms. The van der Waals surface area contributed by atoms with Crippen molar-refractivity contribution in [1.29, 1.82) is 0 Å². The van der Waals surface area contributed by atoms with Crippen LogP contribution in [0.2, 0.25) is 5.15 Å². The van der Waals surface area contributed by atoms with Crippen molar-refractivity contribution >= 4 is 17.5 Å². The molecule has 0 aliphatic heterocycles. The van der Waals surface area contributed by atoms with Gasteiger partial charge in [-0.25, -0.2) is 4.98 Å². The Balaban J connectivity index is 2.10. The smallest absolute Gasteiger partial charge is 0.343 e. The zero-order valence-corrected chi connectivity index (χ0v) is 12.4. The molecule has 2 aromatic rings. The van der Waals surface area contributed by atoms with Gasteiger partial charge in [0.1, 0.15) is 10.8 Å². The van der Waals surface area contributed by atoms with Gasteiger partial charge < -0.3 is 9.88 Å². The number of aromatic nitrogens is 3. The first kappa shape index (κ1) is 16.3. The third-order valence-corrected chi connectivity index (χ3v) is 3.41. The number of nitrogens with zero attached hydrogens (tertiary/aromatic N) is 3. The number of rotatable bonds is 3. The number of halogens is 4. The predicted molar refractivity (Wildman–Crippen MR) is 73.3 cm³/mol. The maximum atomic E-state index is 12.4. The van der Waals surface area contributed by atoms with Crippen LogP contribution >= 0.6 is 11.6 Å². The molecule has 2 rings (SSSR count). The molecule has 1 N–H and O–H groups in total. The fourth-order valence-corrected chi connectivity index (χ4v) is 1.90. The average molecular weight is 333 g/mol. The topological polar surface area (TPSA) is 59.8 Å². The Labute approximate surface area is 129 Å². The molecule has 1 atom stereocenters. The zero-order valence-electron chi connectivity index (χ0n) is 11.6. The maximum absolute atomic E-state index is 12.4. The van der Waals surface area contributed by atoms with Crippen LogP contribution in [0.3, 0.4) is 0 Å². The number of hydrogen-bond donors (Lipinski definition) is 1. The highest BCUT2D eigenvalue weighted by Crippen LogP contribution is 2.27. The molecule has 2 aromatic heterocycles. The van der Waals surface area contributed by atoms with Crippen molar-refractivity contribution in [3.63, 3.8) is 0 Å². The van der Waals surface area contributed by atoms with Gasteiger partial charge in [0.15, 0.2) is 5.82 Å². The van der Waals surface area contributed by atoms with Gasteiger partial charge in [-0.15, -0.1) is 0 Å². The molecule has 0 fully saturated rings. The summed E-state index contributed by atoms with van der Waals surface area (Å²) in [5.74, 6) is -0.376. The van der Waals surface area contributed by atoms with Crippen molar-refractivity contribution in [3.8, 4) is 0 Å². The van der Waals surface area contributed by atoms with E-state index in [1.165, 1.54) is 16.8 Å². The van der Waals surface area contributed by atoms with Gasteiger partial charge in [-0.3, -0.25) is 9.78 Å². The summed E-state index contributed by atoms with van der Waals surface area (Å²) in [5.41, 5.74) is -0.535. The lowest BCUT2D eigenvalue weighted by Crippen LogP contribution is -2.29. The maximum Gasteiger partial charge on any atom is 0.433 e. The van der Waals surface area contributed by atoms with Crippen LogP contribution in [0, 0.1) is 0 Å². The first-order chi connectivity index (χ1) is 10.2. The highest BCUT2D eigenvalue weighted by atomic mass is 35.5. The summed E-state index contributed by atoms with van der Waals surface area (Å²) in [5, 5.41) is 2.92. The quantitative estimate of drug-likeness (QED) is 0.940. The molecule has 22 heavy (non-hydrogen) atoms. The summed E-state index contributed by atoms with van der Waals surface area (Å²) in [4.78, 5) is 19.3. The third-order valence-electron chi connectivity index (χ3n) is 3.06. The largest absolute Gasteiger partial charge is 0.433 e. The average Bonchev–Trinajstić information content (AvgIpc) is 2.78. The number of amides is 1. The summed E-state index contributed by atoms with van der Waals surface area (Å²) < 4.78 is 38.7. The van der Waals surface area contributed by atoms with Crippen LogP contribution in [-0.4, -0.2) is 20.4 Å². The first-order valence-corrected chi connectivity index (χ1v) is 6.59. The fourth-order valence-electron chi connectivity index (χ4n) is 1.77. The lowest BCUT2D eigenvalue weighted by atomic mass is 10.1. The number of carbonyl (C=O) groups excluding carboxylic acids is 1. The summed E-state index contributed by atoms with van der Waals surface area (Å²) >= 11 is 5.79. The normalized spacial score (nSPS) is 13.0. The zero-order chi connectivity index (χ0) is 16.5. The number of carbonyl (C=O) groups is 1. The summed E-state index contributed by atoms with van der Waals surface area (Å²) in [6.07, 6.45) is -2.07. The van der Waals surface area contributed by atoms with E-state index in [2.05, 4.69) is 15.3 Å². The predicted octanol–water partition coefficient (Wildman–Crippen LogP) is 2.98. The molecule has 0 spiro atoms. The van der Waals surface area contributed by atoms with Gasteiger partial charge in [-0.2, -0.15) is 13.2 Å². The molecule has 0 unspecified atom stereocenters. The van der Waals surface area contributed by atoms with Gasteiger partial charge in [0.05, 0.1) is 12.2 Å². The van der Waals surface area contributed by atoms with E-state index in [1.54, 1.807) is 14.0 Å². The van der Waals surface area contributed by atoms with Crippen LogP contribution in [0.15, 0.2) is 24.5 Å². The molecule has 1 amide bonds. The third kappa shape index (κ3) is 3.38. The van der Waals surface area contributed by atoms with Gasteiger partial charge in [0.25, 0.3) is 5.91 Å². The number of nitrogens with one attached hydrogen (secondary N) is 1. The van der Waals surface area contributed by atoms with E-state index < -0.39 is 23.8 Å². The van der Waals surface area contributed by atoms with Crippen molar-refractivity contribution in [2.45, 2.75) is 19.1 Å². The Kier molecular flexibility index (Phi) is 4.41. The van der Waals surface area contributed by atoms with Gasteiger partial charge >= 0.3 is 6.18 Å². The molecule has 5 nitrogen and oxygen atoms in total. The highest BCUT2D eigenvalue weighted by molar-refractivity contribution is 6.29. The second-order valence-electron chi connectivity index (χ2n) is 4.63. The second-order valence-corrected chi connectivity index (χ2v) is 5.02. The molecule has 0 aliphatic carbocycles. The minimum Gasteiger partial charge on any atom is -0.343 e. The second kappa shape index (κ2) is 5.96. The molecule has 0 aliphatic rings. The number of hydrogen-bond acceptors (Lipinski definition) is 3. The molecule has 0 radical (unpaired) electrons. The Hall–Kier alpha value is -2.09. The molecule has 0 saturated carbocycles. The Morgan fingerprint density at radius 2 is 2.00 bits per heavy atom. The Morgan fingerprint density at radius 1 is 1.32 bits per heavy atom. The Morgan fingerprint density at radius 3 is 2.45 bits per heavy atom. The fraction of sp³-hybridized carbons (Fsp3) is 0.308. The van der Waals surface area contributed by atoms with Crippen molar-refractivity contribution in [2.24, 2.45) is 7.05 Å². The lowest BCUT2D eigenvalue weighted by molar-refractivity contribution is -0.141. The van der Waals surface area contributed by atoms with E-state index in [0.717, 1.165) is 12.3 Å². The van der Waals surface area contributed by atoms with Gasteiger partial charge in [-0.05, 0) is 18.6 Å². The number of imidazole rings is 1. The molecule has 9 heteroatoms. The van der Waals surface area contributed by atoms with Crippen LogP contribution < -0.4 is 5.32 Å². The van der Waals surface area contributed by atoms with Crippen LogP contribution in [0.5, 0.6) is 0 Å². The SMILES string of the molecule is C[C@H](NC(=O)c1ncc(Cl)n1C)c1ccc(C(F)(F)F)nc1. The van der Waals surface area contributed by atoms with E-state index in [1.807, 2.05) is 0 Å². The molecule has 118 valence electrons. The molecular formula is C13H12ClF3N4O. The molecule has 2 heterocycles. The molecular weight excluding hydrogens is 321 g/mol. The van der Waals surface area contributed by atoms with Crippen molar-refractivity contribution in [3.05, 3.63) is 46.8 Å².